The van der Waals surface area contributed by atoms with Gasteiger partial charge < -0.3 is 10.4 Å². The highest BCUT2D eigenvalue weighted by molar-refractivity contribution is 5.24. The molecule has 0 aliphatic heterocycles. The number of aliphatic hydroxyl groups is 1. The first kappa shape index (κ1) is 13.2. The number of hydrogen-bond acceptors (Lipinski definition) is 2. The fraction of sp³-hybridized carbons (Fsp3) is 0.571. The number of rotatable bonds is 7. The molecule has 1 atom stereocenters. The fourth-order valence-corrected chi connectivity index (χ4v) is 1.79. The van der Waals surface area contributed by atoms with Crippen molar-refractivity contribution in [2.24, 2.45) is 0 Å². The second-order valence-electron chi connectivity index (χ2n) is 4.37. The lowest BCUT2D eigenvalue weighted by Gasteiger charge is -2.14. The van der Waals surface area contributed by atoms with E-state index < -0.39 is 0 Å². The van der Waals surface area contributed by atoms with Gasteiger partial charge in [0.15, 0.2) is 0 Å². The molecule has 0 radical (unpaired) electrons. The fourth-order valence-electron chi connectivity index (χ4n) is 1.79. The van der Waals surface area contributed by atoms with Crippen LogP contribution >= 0.6 is 0 Å². The van der Waals surface area contributed by atoms with E-state index in [4.69, 9.17) is 5.11 Å². The molecule has 1 rings (SSSR count). The van der Waals surface area contributed by atoms with E-state index in [0.29, 0.717) is 12.6 Å². The van der Waals surface area contributed by atoms with Crippen LogP contribution in [0.5, 0.6) is 0 Å². The minimum absolute atomic E-state index is 0.313. The van der Waals surface area contributed by atoms with Gasteiger partial charge in [0, 0.05) is 12.6 Å². The standard InChI is InChI=1S/C14H23NO/c1-12-7-6-8-14(11-12)13(2)15-9-4-3-5-10-16/h6-8,11,13,15-16H,3-5,9-10H2,1-2H3/t13-/m1/s1. The Morgan fingerprint density at radius 1 is 1.25 bits per heavy atom. The summed E-state index contributed by atoms with van der Waals surface area (Å²) >= 11 is 0. The quantitative estimate of drug-likeness (QED) is 0.694. The van der Waals surface area contributed by atoms with Crippen molar-refractivity contribution in [3.63, 3.8) is 0 Å². The third kappa shape index (κ3) is 4.77. The molecule has 2 heteroatoms. The molecule has 16 heavy (non-hydrogen) atoms. The molecule has 0 saturated heterocycles. The molecule has 0 aliphatic carbocycles. The highest BCUT2D eigenvalue weighted by atomic mass is 16.2. The first-order valence-corrected chi connectivity index (χ1v) is 6.15. The summed E-state index contributed by atoms with van der Waals surface area (Å²) in [5.41, 5.74) is 2.66. The molecule has 0 heterocycles. The van der Waals surface area contributed by atoms with Crippen LogP contribution in [0.4, 0.5) is 0 Å². The van der Waals surface area contributed by atoms with Crippen LogP contribution in [0.2, 0.25) is 0 Å². The summed E-state index contributed by atoms with van der Waals surface area (Å²) in [4.78, 5) is 0. The molecule has 0 aromatic heterocycles. The monoisotopic (exact) mass is 221 g/mol. The number of aryl methyl sites for hydroxylation is 1. The lowest BCUT2D eigenvalue weighted by molar-refractivity contribution is 0.282. The van der Waals surface area contributed by atoms with Crippen molar-refractivity contribution in [3.8, 4) is 0 Å². The Kier molecular flexibility index (Phi) is 6.12. The Morgan fingerprint density at radius 3 is 2.75 bits per heavy atom. The van der Waals surface area contributed by atoms with E-state index in [-0.39, 0.29) is 0 Å². The summed E-state index contributed by atoms with van der Waals surface area (Å²) in [5, 5.41) is 12.2. The van der Waals surface area contributed by atoms with Crippen LogP contribution in [0, 0.1) is 6.92 Å². The topological polar surface area (TPSA) is 32.3 Å². The predicted octanol–water partition coefficient (Wildman–Crippen LogP) is 2.81. The summed E-state index contributed by atoms with van der Waals surface area (Å²) in [6, 6.07) is 9.03. The summed E-state index contributed by atoms with van der Waals surface area (Å²) in [6.07, 6.45) is 3.15. The van der Waals surface area contributed by atoms with Gasteiger partial charge in [-0.3, -0.25) is 0 Å². The van der Waals surface area contributed by atoms with Crippen molar-refractivity contribution in [1.29, 1.82) is 0 Å². The zero-order valence-electron chi connectivity index (χ0n) is 10.4. The predicted molar refractivity (Wildman–Crippen MR) is 68.5 cm³/mol. The van der Waals surface area contributed by atoms with Gasteiger partial charge in [0.25, 0.3) is 0 Å². The van der Waals surface area contributed by atoms with Crippen LogP contribution < -0.4 is 5.32 Å². The summed E-state index contributed by atoms with van der Waals surface area (Å²) in [7, 11) is 0. The first-order valence-electron chi connectivity index (χ1n) is 6.15. The van der Waals surface area contributed by atoms with E-state index in [1.807, 2.05) is 0 Å². The average molecular weight is 221 g/mol. The molecule has 2 N–H and O–H groups in total. The maximum absolute atomic E-state index is 8.66. The molecule has 0 spiro atoms. The van der Waals surface area contributed by atoms with Crippen LogP contribution in [0.25, 0.3) is 0 Å². The van der Waals surface area contributed by atoms with Crippen LogP contribution in [0.15, 0.2) is 24.3 Å². The molecule has 1 aromatic rings. The number of hydrogen-bond donors (Lipinski definition) is 2. The van der Waals surface area contributed by atoms with Crippen LogP contribution in [0.3, 0.4) is 0 Å². The number of aliphatic hydroxyl groups excluding tert-OH is 1. The van der Waals surface area contributed by atoms with Crippen molar-refractivity contribution in [3.05, 3.63) is 35.4 Å². The zero-order chi connectivity index (χ0) is 11.8. The van der Waals surface area contributed by atoms with Crippen LogP contribution in [-0.4, -0.2) is 18.3 Å². The maximum atomic E-state index is 8.66. The smallest absolute Gasteiger partial charge is 0.0431 e. The number of nitrogens with one attached hydrogen (secondary N) is 1. The van der Waals surface area contributed by atoms with Gasteiger partial charge in [-0.2, -0.15) is 0 Å². The van der Waals surface area contributed by atoms with E-state index in [9.17, 15) is 0 Å². The summed E-state index contributed by atoms with van der Waals surface area (Å²) in [5.74, 6) is 0. The highest BCUT2D eigenvalue weighted by Gasteiger charge is 2.03. The Bertz CT molecular complexity index is 299. The lowest BCUT2D eigenvalue weighted by Crippen LogP contribution is -2.19. The van der Waals surface area contributed by atoms with E-state index in [1.165, 1.54) is 11.1 Å². The largest absolute Gasteiger partial charge is 0.396 e. The minimum Gasteiger partial charge on any atom is -0.396 e. The van der Waals surface area contributed by atoms with E-state index in [1.54, 1.807) is 0 Å². The van der Waals surface area contributed by atoms with Crippen molar-refractivity contribution in [2.45, 2.75) is 39.2 Å². The van der Waals surface area contributed by atoms with E-state index >= 15 is 0 Å². The molecule has 0 bridgehead atoms. The molecular formula is C14H23NO. The zero-order valence-corrected chi connectivity index (χ0v) is 10.4. The van der Waals surface area contributed by atoms with Gasteiger partial charge in [-0.25, -0.2) is 0 Å². The summed E-state index contributed by atoms with van der Waals surface area (Å²) in [6.45, 7) is 5.65. The third-order valence-electron chi connectivity index (χ3n) is 2.83. The van der Waals surface area contributed by atoms with Gasteiger partial charge >= 0.3 is 0 Å². The highest BCUT2D eigenvalue weighted by Crippen LogP contribution is 2.13. The minimum atomic E-state index is 0.313. The molecule has 0 fully saturated rings. The average Bonchev–Trinajstić information content (AvgIpc) is 2.28. The molecule has 90 valence electrons. The SMILES string of the molecule is Cc1cccc([C@@H](C)NCCCCCO)c1. The second-order valence-corrected chi connectivity index (χ2v) is 4.37. The Labute approximate surface area is 98.7 Å². The second kappa shape index (κ2) is 7.42. The van der Waals surface area contributed by atoms with Crippen molar-refractivity contribution >= 4 is 0 Å². The maximum Gasteiger partial charge on any atom is 0.0431 e. The van der Waals surface area contributed by atoms with Gasteiger partial charge in [-0.05, 0) is 45.2 Å². The molecule has 2 nitrogen and oxygen atoms in total. The lowest BCUT2D eigenvalue weighted by atomic mass is 10.1. The van der Waals surface area contributed by atoms with Crippen molar-refractivity contribution < 1.29 is 5.11 Å². The molecule has 0 aliphatic rings. The van der Waals surface area contributed by atoms with Gasteiger partial charge in [-0.1, -0.05) is 29.8 Å². The molecule has 0 unspecified atom stereocenters. The Morgan fingerprint density at radius 2 is 2.06 bits per heavy atom. The first-order chi connectivity index (χ1) is 7.74. The summed E-state index contributed by atoms with van der Waals surface area (Å²) < 4.78 is 0. The van der Waals surface area contributed by atoms with Gasteiger partial charge in [-0.15, -0.1) is 0 Å². The van der Waals surface area contributed by atoms with Crippen LogP contribution in [-0.2, 0) is 0 Å². The molecule has 0 amide bonds. The van der Waals surface area contributed by atoms with Gasteiger partial charge in [0.2, 0.25) is 0 Å². The van der Waals surface area contributed by atoms with Crippen molar-refractivity contribution in [1.82, 2.24) is 5.32 Å². The van der Waals surface area contributed by atoms with Crippen LogP contribution in [0.1, 0.15) is 43.4 Å². The molecule has 1 aromatic carbocycles. The van der Waals surface area contributed by atoms with Crippen molar-refractivity contribution in [2.75, 3.05) is 13.2 Å². The Balaban J connectivity index is 2.27. The van der Waals surface area contributed by atoms with E-state index in [2.05, 4.69) is 43.4 Å². The number of benzene rings is 1. The Hall–Kier alpha value is -0.860. The molecule has 0 saturated carbocycles. The number of unbranched alkanes of at least 4 members (excludes halogenated alkanes) is 2. The van der Waals surface area contributed by atoms with E-state index in [0.717, 1.165) is 25.8 Å². The normalized spacial score (nSPS) is 12.7. The van der Waals surface area contributed by atoms with Gasteiger partial charge in [0.1, 0.15) is 0 Å². The van der Waals surface area contributed by atoms with Gasteiger partial charge in [0.05, 0.1) is 0 Å². The third-order valence-corrected chi connectivity index (χ3v) is 2.83. The molecular weight excluding hydrogens is 198 g/mol.